The van der Waals surface area contributed by atoms with Gasteiger partial charge in [0.25, 0.3) is 0 Å². The number of para-hydroxylation sites is 1. The molecule has 0 saturated carbocycles. The van der Waals surface area contributed by atoms with Gasteiger partial charge in [-0.3, -0.25) is 4.79 Å². The lowest BCUT2D eigenvalue weighted by Crippen LogP contribution is -2.60. The second kappa shape index (κ2) is 9.80. The summed E-state index contributed by atoms with van der Waals surface area (Å²) in [7, 11) is 0. The number of carboxylic acids is 1. The first-order valence-electron chi connectivity index (χ1n) is 9.51. The van der Waals surface area contributed by atoms with Crippen LogP contribution in [0.3, 0.4) is 0 Å². The molecule has 0 aliphatic carbocycles. The van der Waals surface area contributed by atoms with E-state index >= 15 is 0 Å². The number of hydrogen-bond donors (Lipinski definition) is 5. The van der Waals surface area contributed by atoms with Gasteiger partial charge in [0.1, 0.15) is 24.1 Å². The zero-order valence-corrected chi connectivity index (χ0v) is 17.5. The second-order valence-corrected chi connectivity index (χ2v) is 7.69. The Bertz CT molecular complexity index is 999. The summed E-state index contributed by atoms with van der Waals surface area (Å²) >= 11 is 6.05. The maximum absolute atomic E-state index is 14.2. The number of ether oxygens (including phenoxy) is 2. The summed E-state index contributed by atoms with van der Waals surface area (Å²) in [5.41, 5.74) is 1.56. The highest BCUT2D eigenvalue weighted by Crippen LogP contribution is 2.31. The number of benzene rings is 2. The minimum atomic E-state index is -1.91. The quantitative estimate of drug-likeness (QED) is 0.397. The first-order valence-corrected chi connectivity index (χ1v) is 9.88. The molecule has 1 saturated heterocycles. The van der Waals surface area contributed by atoms with Gasteiger partial charge >= 0.3 is 11.9 Å². The first kappa shape index (κ1) is 23.9. The Morgan fingerprint density at radius 2 is 1.88 bits per heavy atom. The number of nitrogens with one attached hydrogen (secondary N) is 1. The van der Waals surface area contributed by atoms with Crippen LogP contribution in [0.25, 0.3) is 0 Å². The van der Waals surface area contributed by atoms with Crippen molar-refractivity contribution in [2.45, 2.75) is 44.1 Å². The monoisotopic (exact) mass is 469 g/mol. The topological polar surface area (TPSA) is 146 Å². The number of esters is 1. The van der Waals surface area contributed by atoms with Gasteiger partial charge in [-0.15, -0.1) is 0 Å². The summed E-state index contributed by atoms with van der Waals surface area (Å²) in [5.74, 6) is -3.12. The maximum Gasteiger partial charge on any atom is 0.335 e. The van der Waals surface area contributed by atoms with Crippen molar-refractivity contribution in [1.82, 2.24) is 0 Å². The number of aliphatic hydroxyl groups is 3. The lowest BCUT2D eigenvalue weighted by atomic mass is 9.99. The molecule has 2 aromatic rings. The van der Waals surface area contributed by atoms with E-state index in [9.17, 15) is 29.3 Å². The molecule has 1 fully saturated rings. The SMILES string of the molecule is Cc1ccc(Nc2c(F)cccc2Cl)c(CC(=O)OC2O[C@H](C(=O)O)[C@@H](O)[C@H](O)[C@H]2O)c1. The minimum Gasteiger partial charge on any atom is -0.479 e. The lowest BCUT2D eigenvalue weighted by Gasteiger charge is -2.37. The van der Waals surface area contributed by atoms with Crippen molar-refractivity contribution in [1.29, 1.82) is 0 Å². The molecule has 11 heteroatoms. The van der Waals surface area contributed by atoms with E-state index < -0.39 is 48.5 Å². The molecule has 9 nitrogen and oxygen atoms in total. The molecule has 1 aliphatic rings. The Balaban J connectivity index is 1.78. The molecule has 1 heterocycles. The van der Waals surface area contributed by atoms with E-state index in [-0.39, 0.29) is 17.1 Å². The molecule has 32 heavy (non-hydrogen) atoms. The number of carboxylic acid groups (broad SMARTS) is 1. The number of carbonyl (C=O) groups is 2. The van der Waals surface area contributed by atoms with E-state index in [0.717, 1.165) is 5.56 Å². The smallest absolute Gasteiger partial charge is 0.335 e. The highest BCUT2D eigenvalue weighted by Gasteiger charge is 2.48. The first-order chi connectivity index (χ1) is 15.1. The molecule has 0 radical (unpaired) electrons. The van der Waals surface area contributed by atoms with Crippen LogP contribution in [0.4, 0.5) is 15.8 Å². The number of rotatable bonds is 6. The molecule has 0 spiro atoms. The summed E-state index contributed by atoms with van der Waals surface area (Å²) in [5, 5.41) is 41.6. The average molecular weight is 470 g/mol. The standard InChI is InChI=1S/C21H21ClFNO8/c1-9-5-6-13(24-15-11(22)3-2-4-12(15)23)10(7-9)8-14(25)31-21-18(28)16(26)17(27)19(32-21)20(29)30/h2-7,16-19,21,24,26-28H,8H2,1H3,(H,29,30)/t16-,17-,18+,19-,21?/m0/s1. The third kappa shape index (κ3) is 5.17. The van der Waals surface area contributed by atoms with E-state index in [1.54, 1.807) is 25.1 Å². The minimum absolute atomic E-state index is 0.0140. The number of hydrogen-bond acceptors (Lipinski definition) is 8. The van der Waals surface area contributed by atoms with Gasteiger partial charge in [0.05, 0.1) is 17.1 Å². The fourth-order valence-corrected chi connectivity index (χ4v) is 3.43. The molecular weight excluding hydrogens is 449 g/mol. The molecule has 5 atom stereocenters. The van der Waals surface area contributed by atoms with Gasteiger partial charge in [-0.05, 0) is 30.7 Å². The Labute approximate surface area is 187 Å². The van der Waals surface area contributed by atoms with Gasteiger partial charge in [-0.1, -0.05) is 35.4 Å². The van der Waals surface area contributed by atoms with Crippen molar-refractivity contribution in [2.75, 3.05) is 5.32 Å². The Kier molecular flexibility index (Phi) is 7.32. The molecule has 0 amide bonds. The number of aliphatic carboxylic acids is 1. The molecule has 1 unspecified atom stereocenters. The number of carbonyl (C=O) groups excluding carboxylic acids is 1. The molecule has 3 rings (SSSR count). The van der Waals surface area contributed by atoms with Crippen LogP contribution in [0.1, 0.15) is 11.1 Å². The summed E-state index contributed by atoms with van der Waals surface area (Å²) in [6, 6.07) is 9.16. The summed E-state index contributed by atoms with van der Waals surface area (Å²) in [4.78, 5) is 23.7. The normalized spacial score (nSPS) is 25.2. The number of aryl methyl sites for hydroxylation is 1. The molecule has 5 N–H and O–H groups in total. The predicted octanol–water partition coefficient (Wildman–Crippen LogP) is 1.51. The number of halogens is 2. The van der Waals surface area contributed by atoms with E-state index in [4.69, 9.17) is 26.2 Å². The van der Waals surface area contributed by atoms with Crippen molar-refractivity contribution in [3.05, 3.63) is 58.4 Å². The molecule has 1 aliphatic heterocycles. The number of anilines is 2. The van der Waals surface area contributed by atoms with Crippen LogP contribution in [0.5, 0.6) is 0 Å². The van der Waals surface area contributed by atoms with Crippen LogP contribution >= 0.6 is 11.6 Å². The average Bonchev–Trinajstić information content (AvgIpc) is 2.72. The highest BCUT2D eigenvalue weighted by molar-refractivity contribution is 6.33. The Hall–Kier alpha value is -2.76. The van der Waals surface area contributed by atoms with Gasteiger partial charge in [0, 0.05) is 5.69 Å². The highest BCUT2D eigenvalue weighted by atomic mass is 35.5. The van der Waals surface area contributed by atoms with E-state index in [1.807, 2.05) is 0 Å². The zero-order chi connectivity index (χ0) is 23.6. The lowest BCUT2D eigenvalue weighted by molar-refractivity contribution is -0.286. The Morgan fingerprint density at radius 1 is 1.16 bits per heavy atom. The van der Waals surface area contributed by atoms with Gasteiger partial charge in [-0.2, -0.15) is 0 Å². The molecule has 172 valence electrons. The molecule has 0 bridgehead atoms. The van der Waals surface area contributed by atoms with E-state index in [1.165, 1.54) is 18.2 Å². The molecule has 2 aromatic carbocycles. The van der Waals surface area contributed by atoms with Gasteiger partial charge < -0.3 is 35.2 Å². The predicted molar refractivity (Wildman–Crippen MR) is 110 cm³/mol. The summed E-state index contributed by atoms with van der Waals surface area (Å²) in [6.07, 6.45) is -9.75. The third-order valence-electron chi connectivity index (χ3n) is 4.88. The zero-order valence-electron chi connectivity index (χ0n) is 16.7. The fourth-order valence-electron chi connectivity index (χ4n) is 3.22. The fraction of sp³-hybridized carbons (Fsp3) is 0.333. The van der Waals surface area contributed by atoms with Gasteiger partial charge in [0.2, 0.25) is 6.29 Å². The van der Waals surface area contributed by atoms with Crippen LogP contribution in [-0.4, -0.2) is 63.1 Å². The van der Waals surface area contributed by atoms with Crippen molar-refractivity contribution in [2.24, 2.45) is 0 Å². The van der Waals surface area contributed by atoms with Crippen LogP contribution in [-0.2, 0) is 25.5 Å². The van der Waals surface area contributed by atoms with Crippen LogP contribution in [0.15, 0.2) is 36.4 Å². The second-order valence-electron chi connectivity index (χ2n) is 7.28. The van der Waals surface area contributed by atoms with Crippen molar-refractivity contribution < 1.29 is 43.9 Å². The van der Waals surface area contributed by atoms with Gasteiger partial charge in [-0.25, -0.2) is 9.18 Å². The van der Waals surface area contributed by atoms with Crippen molar-refractivity contribution >= 4 is 34.9 Å². The maximum atomic E-state index is 14.2. The summed E-state index contributed by atoms with van der Waals surface area (Å²) < 4.78 is 24.1. The van der Waals surface area contributed by atoms with Crippen LogP contribution < -0.4 is 5.32 Å². The molecular formula is C21H21ClFNO8. The Morgan fingerprint density at radius 3 is 2.53 bits per heavy atom. The van der Waals surface area contributed by atoms with Gasteiger partial charge in [0.15, 0.2) is 6.10 Å². The summed E-state index contributed by atoms with van der Waals surface area (Å²) in [6.45, 7) is 1.78. The van der Waals surface area contributed by atoms with Crippen molar-refractivity contribution in [3.63, 3.8) is 0 Å². The van der Waals surface area contributed by atoms with E-state index in [0.29, 0.717) is 11.3 Å². The van der Waals surface area contributed by atoms with Crippen LogP contribution in [0, 0.1) is 12.7 Å². The third-order valence-corrected chi connectivity index (χ3v) is 5.19. The molecule has 0 aromatic heterocycles. The number of aliphatic hydroxyl groups excluding tert-OH is 3. The van der Waals surface area contributed by atoms with E-state index in [2.05, 4.69) is 5.32 Å². The van der Waals surface area contributed by atoms with Crippen molar-refractivity contribution in [3.8, 4) is 0 Å². The largest absolute Gasteiger partial charge is 0.479 e. The van der Waals surface area contributed by atoms with Crippen LogP contribution in [0.2, 0.25) is 5.02 Å².